The largest absolute Gasteiger partial charge is 0.478 e. The molecule has 1 N–H and O–H groups in total. The van der Waals surface area contributed by atoms with Gasteiger partial charge in [-0.3, -0.25) is 0 Å². The average molecular weight is 406 g/mol. The number of rotatable bonds is 3. The smallest absolute Gasteiger partial charge is 0.335 e. The first kappa shape index (κ1) is 18.1. The third-order valence-corrected chi connectivity index (χ3v) is 6.74. The van der Waals surface area contributed by atoms with E-state index in [0.29, 0.717) is 6.04 Å². The van der Waals surface area contributed by atoms with Crippen LogP contribution in [-0.4, -0.2) is 28.6 Å². The second kappa shape index (κ2) is 6.81. The van der Waals surface area contributed by atoms with Crippen molar-refractivity contribution in [2.75, 3.05) is 11.4 Å². The summed E-state index contributed by atoms with van der Waals surface area (Å²) < 4.78 is 14.7. The molecular weight excluding hydrogens is 387 g/mol. The highest BCUT2D eigenvalue weighted by Gasteiger charge is 2.25. The van der Waals surface area contributed by atoms with Crippen molar-refractivity contribution < 1.29 is 14.3 Å². The molecule has 1 aliphatic heterocycles. The number of carboxylic acid groups (broad SMARTS) is 1. The molecule has 3 heterocycles. The lowest BCUT2D eigenvalue weighted by molar-refractivity contribution is 0.0697. The van der Waals surface area contributed by atoms with Crippen LogP contribution in [0.4, 0.5) is 10.1 Å². The second-order valence-corrected chi connectivity index (χ2v) is 8.63. The molecule has 6 heteroatoms. The number of carbonyl (C=O) groups is 1. The Balaban J connectivity index is 1.75. The van der Waals surface area contributed by atoms with Gasteiger partial charge >= 0.3 is 5.97 Å². The summed E-state index contributed by atoms with van der Waals surface area (Å²) in [6.45, 7) is 3.15. The van der Waals surface area contributed by atoms with Crippen molar-refractivity contribution in [2.45, 2.75) is 25.8 Å². The fraction of sp³-hybridized carbons (Fsp3) is 0.217. The summed E-state index contributed by atoms with van der Waals surface area (Å²) in [5.74, 6) is -1.19. The van der Waals surface area contributed by atoms with Crippen LogP contribution in [0.25, 0.3) is 31.6 Å². The Hall–Kier alpha value is -2.99. The number of halogens is 1. The van der Waals surface area contributed by atoms with Crippen LogP contribution < -0.4 is 4.90 Å². The molecule has 0 bridgehead atoms. The number of hydrogen-bond acceptors (Lipinski definition) is 4. The monoisotopic (exact) mass is 406 g/mol. The number of aromatic carboxylic acids is 1. The number of aromatic nitrogens is 1. The summed E-state index contributed by atoms with van der Waals surface area (Å²) in [5, 5.41) is 11.0. The van der Waals surface area contributed by atoms with Gasteiger partial charge in [0.1, 0.15) is 11.5 Å². The minimum Gasteiger partial charge on any atom is -0.478 e. The van der Waals surface area contributed by atoms with E-state index in [9.17, 15) is 14.3 Å². The highest BCUT2D eigenvalue weighted by atomic mass is 32.1. The number of thiophene rings is 1. The van der Waals surface area contributed by atoms with E-state index >= 15 is 0 Å². The minimum absolute atomic E-state index is 0.247. The van der Waals surface area contributed by atoms with Crippen molar-refractivity contribution >= 4 is 44.0 Å². The van der Waals surface area contributed by atoms with Gasteiger partial charge in [0.05, 0.1) is 21.6 Å². The lowest BCUT2D eigenvalue weighted by Gasteiger charge is -2.26. The van der Waals surface area contributed by atoms with E-state index in [4.69, 9.17) is 4.98 Å². The van der Waals surface area contributed by atoms with Gasteiger partial charge in [-0.1, -0.05) is 0 Å². The van der Waals surface area contributed by atoms with E-state index in [2.05, 4.69) is 17.9 Å². The summed E-state index contributed by atoms with van der Waals surface area (Å²) in [4.78, 5) is 19.7. The number of anilines is 1. The van der Waals surface area contributed by atoms with Crippen LogP contribution in [0.1, 0.15) is 30.1 Å². The average Bonchev–Trinajstić information content (AvgIpc) is 3.31. The molecule has 5 rings (SSSR count). The quantitative estimate of drug-likeness (QED) is 0.457. The molecule has 2 aromatic heterocycles. The van der Waals surface area contributed by atoms with Gasteiger partial charge in [-0.2, -0.15) is 0 Å². The van der Waals surface area contributed by atoms with E-state index in [1.54, 1.807) is 41.7 Å². The highest BCUT2D eigenvalue weighted by Crippen LogP contribution is 2.41. The zero-order valence-electron chi connectivity index (χ0n) is 15.9. The van der Waals surface area contributed by atoms with E-state index in [1.807, 2.05) is 6.07 Å². The van der Waals surface area contributed by atoms with Crippen molar-refractivity contribution in [3.8, 4) is 10.6 Å². The van der Waals surface area contributed by atoms with Crippen LogP contribution >= 0.6 is 11.3 Å². The molecule has 0 saturated carbocycles. The predicted octanol–water partition coefficient (Wildman–Crippen LogP) is 5.94. The SMILES string of the molecule is C[C@H]1CCCN1c1cc2cc(C(=O)O)ccc2nc1-c1cc2cc(F)ccc2s1. The molecule has 29 heavy (non-hydrogen) atoms. The molecule has 0 amide bonds. The van der Waals surface area contributed by atoms with E-state index < -0.39 is 5.97 Å². The lowest BCUT2D eigenvalue weighted by atomic mass is 10.1. The maximum absolute atomic E-state index is 13.7. The maximum atomic E-state index is 13.7. The van der Waals surface area contributed by atoms with Crippen LogP contribution in [0.3, 0.4) is 0 Å². The Morgan fingerprint density at radius 3 is 2.79 bits per heavy atom. The van der Waals surface area contributed by atoms with Gasteiger partial charge in [-0.15, -0.1) is 11.3 Å². The molecule has 0 unspecified atom stereocenters. The number of hydrogen-bond donors (Lipinski definition) is 1. The Morgan fingerprint density at radius 2 is 2.03 bits per heavy atom. The van der Waals surface area contributed by atoms with Gasteiger partial charge < -0.3 is 10.0 Å². The van der Waals surface area contributed by atoms with E-state index in [0.717, 1.165) is 56.6 Å². The summed E-state index contributed by atoms with van der Waals surface area (Å²) >= 11 is 1.60. The Morgan fingerprint density at radius 1 is 1.17 bits per heavy atom. The minimum atomic E-state index is -0.946. The maximum Gasteiger partial charge on any atom is 0.335 e. The molecule has 0 aliphatic carbocycles. The molecule has 1 atom stereocenters. The van der Waals surface area contributed by atoms with Crippen LogP contribution in [-0.2, 0) is 0 Å². The Labute approximate surface area is 171 Å². The van der Waals surface area contributed by atoms with Gasteiger partial charge in [0.15, 0.2) is 0 Å². The number of carboxylic acids is 1. The Bertz CT molecular complexity index is 1270. The summed E-state index contributed by atoms with van der Waals surface area (Å²) in [5.41, 5.74) is 2.89. The van der Waals surface area contributed by atoms with Crippen molar-refractivity contribution in [1.29, 1.82) is 0 Å². The summed E-state index contributed by atoms with van der Waals surface area (Å²) in [7, 11) is 0. The normalized spacial score (nSPS) is 16.8. The molecule has 146 valence electrons. The zero-order chi connectivity index (χ0) is 20.1. The Kier molecular flexibility index (Phi) is 4.24. The van der Waals surface area contributed by atoms with Gasteiger partial charge in [0, 0.05) is 22.7 Å². The molecule has 1 fully saturated rings. The molecular formula is C23H19FN2O2S. The van der Waals surface area contributed by atoms with Crippen molar-refractivity contribution in [3.63, 3.8) is 0 Å². The summed E-state index contributed by atoms with van der Waals surface area (Å²) in [6.07, 6.45) is 2.23. The lowest BCUT2D eigenvalue weighted by Crippen LogP contribution is -2.27. The van der Waals surface area contributed by atoms with Crippen LogP contribution in [0.2, 0.25) is 0 Å². The van der Waals surface area contributed by atoms with Crippen molar-refractivity contribution in [1.82, 2.24) is 4.98 Å². The fourth-order valence-electron chi connectivity index (χ4n) is 4.12. The fourth-order valence-corrected chi connectivity index (χ4v) is 5.16. The van der Waals surface area contributed by atoms with E-state index in [1.165, 1.54) is 6.07 Å². The zero-order valence-corrected chi connectivity index (χ0v) is 16.7. The second-order valence-electron chi connectivity index (χ2n) is 7.55. The molecule has 1 saturated heterocycles. The first-order valence-corrected chi connectivity index (χ1v) is 10.5. The molecule has 4 nitrogen and oxygen atoms in total. The van der Waals surface area contributed by atoms with Gasteiger partial charge in [0.25, 0.3) is 0 Å². The molecule has 4 aromatic rings. The third kappa shape index (κ3) is 3.13. The molecule has 0 spiro atoms. The van der Waals surface area contributed by atoms with E-state index in [-0.39, 0.29) is 11.4 Å². The van der Waals surface area contributed by atoms with Crippen molar-refractivity contribution in [2.24, 2.45) is 0 Å². The summed E-state index contributed by atoms with van der Waals surface area (Å²) in [6, 6.07) is 14.3. The number of pyridine rings is 1. The highest BCUT2D eigenvalue weighted by molar-refractivity contribution is 7.22. The van der Waals surface area contributed by atoms with Gasteiger partial charge in [-0.05, 0) is 73.7 Å². The number of nitrogens with zero attached hydrogens (tertiary/aromatic N) is 2. The predicted molar refractivity (Wildman–Crippen MR) is 116 cm³/mol. The van der Waals surface area contributed by atoms with Crippen LogP contribution in [0.5, 0.6) is 0 Å². The topological polar surface area (TPSA) is 53.4 Å². The van der Waals surface area contributed by atoms with Gasteiger partial charge in [-0.25, -0.2) is 14.2 Å². The number of fused-ring (bicyclic) bond motifs is 2. The van der Waals surface area contributed by atoms with Gasteiger partial charge in [0.2, 0.25) is 0 Å². The standard InChI is InChI=1S/C23H19FN2O2S/c1-13-3-2-8-26(13)19-11-15-9-14(23(27)28)4-6-18(15)25-22(19)21-12-16-10-17(24)5-7-20(16)29-21/h4-7,9-13H,2-3,8H2,1H3,(H,27,28)/t13-/m0/s1. The molecule has 2 aromatic carbocycles. The first-order chi connectivity index (χ1) is 14.0. The van der Waals surface area contributed by atoms with Crippen LogP contribution in [0.15, 0.2) is 48.5 Å². The van der Waals surface area contributed by atoms with Crippen molar-refractivity contribution in [3.05, 3.63) is 59.9 Å². The molecule has 1 aliphatic rings. The van der Waals surface area contributed by atoms with Crippen LogP contribution in [0, 0.1) is 5.82 Å². The first-order valence-electron chi connectivity index (χ1n) is 9.64. The third-order valence-electron chi connectivity index (χ3n) is 5.62. The molecule has 0 radical (unpaired) electrons. The number of benzene rings is 2.